The van der Waals surface area contributed by atoms with Gasteiger partial charge in [0.15, 0.2) is 6.61 Å². The van der Waals surface area contributed by atoms with Gasteiger partial charge in [-0.2, -0.15) is 0 Å². The van der Waals surface area contributed by atoms with Crippen LogP contribution in [0.4, 0.5) is 0 Å². The van der Waals surface area contributed by atoms with Gasteiger partial charge in [0.05, 0.1) is 0 Å². The Hall–Kier alpha value is -0.822. The van der Waals surface area contributed by atoms with Gasteiger partial charge >= 0.3 is 0 Å². The van der Waals surface area contributed by atoms with Gasteiger partial charge in [-0.05, 0) is 36.8 Å². The number of hydrogen-bond donors (Lipinski definition) is 1. The number of benzene rings is 1. The van der Waals surface area contributed by atoms with E-state index in [-0.39, 0.29) is 46.5 Å². The first-order valence-corrected chi connectivity index (χ1v) is 8.50. The summed E-state index contributed by atoms with van der Waals surface area (Å²) in [7, 11) is 0. The van der Waals surface area contributed by atoms with Crippen molar-refractivity contribution in [3.8, 4) is 5.75 Å². The van der Waals surface area contributed by atoms with Crippen LogP contribution in [0.25, 0.3) is 0 Å². The van der Waals surface area contributed by atoms with E-state index in [0.29, 0.717) is 5.41 Å². The first kappa shape index (κ1) is 25.4. The Morgan fingerprint density at radius 2 is 1.58 bits per heavy atom. The van der Waals surface area contributed by atoms with Crippen molar-refractivity contribution in [2.45, 2.75) is 73.3 Å². The van der Waals surface area contributed by atoms with Crippen molar-refractivity contribution < 1.29 is 30.6 Å². The van der Waals surface area contributed by atoms with Crippen molar-refractivity contribution >= 4 is 5.91 Å². The molecule has 0 radical (unpaired) electrons. The van der Waals surface area contributed by atoms with E-state index >= 15 is 0 Å². The molecule has 1 N–H and O–H groups in total. The molecule has 0 unspecified atom stereocenters. The third-order valence-electron chi connectivity index (χ3n) is 3.81. The summed E-state index contributed by atoms with van der Waals surface area (Å²) < 4.78 is 5.41. The molecule has 3 fully saturated rings. The summed E-state index contributed by atoms with van der Waals surface area (Å²) in [6.45, 7) is 10.6. The molecular formula is C20H35NO2W. The summed E-state index contributed by atoms with van der Waals surface area (Å²) in [5.41, 5.74) is 0.638. The van der Waals surface area contributed by atoms with Gasteiger partial charge in [0.1, 0.15) is 5.75 Å². The molecule has 0 spiro atoms. The third-order valence-corrected chi connectivity index (χ3v) is 3.81. The Bertz CT molecular complexity index is 442. The molecule has 138 valence electrons. The zero-order valence-electron chi connectivity index (χ0n) is 15.1. The number of carbonyl (C=O) groups excluding carboxylic acids is 1. The summed E-state index contributed by atoms with van der Waals surface area (Å²) in [6, 6.07) is 9.44. The van der Waals surface area contributed by atoms with E-state index in [2.05, 4.69) is 26.1 Å². The Labute approximate surface area is 163 Å². The van der Waals surface area contributed by atoms with E-state index in [1.54, 1.807) is 0 Å². The van der Waals surface area contributed by atoms with Crippen LogP contribution in [0.1, 0.15) is 67.7 Å². The minimum absolute atomic E-state index is 0. The summed E-state index contributed by atoms with van der Waals surface area (Å²) in [4.78, 5) is 11.7. The van der Waals surface area contributed by atoms with Gasteiger partial charge in [0.25, 0.3) is 5.91 Å². The van der Waals surface area contributed by atoms with Gasteiger partial charge in [-0.25, -0.2) is 0 Å². The second-order valence-corrected chi connectivity index (χ2v) is 6.48. The predicted octanol–water partition coefficient (Wildman–Crippen LogP) is 5.20. The van der Waals surface area contributed by atoms with Gasteiger partial charge in [0.2, 0.25) is 0 Å². The topological polar surface area (TPSA) is 38.3 Å². The minimum Gasteiger partial charge on any atom is -0.484 e. The van der Waals surface area contributed by atoms with E-state index in [9.17, 15) is 4.79 Å². The number of ether oxygens (including phenoxy) is 1. The number of amides is 1. The average molecular weight is 505 g/mol. The van der Waals surface area contributed by atoms with Crippen molar-refractivity contribution in [1.82, 2.24) is 5.32 Å². The molecule has 0 atom stereocenters. The fourth-order valence-electron chi connectivity index (χ4n) is 3.43. The normalized spacial score (nSPS) is 24.5. The van der Waals surface area contributed by atoms with Crippen LogP contribution >= 0.6 is 0 Å². The molecule has 2 bridgehead atoms. The monoisotopic (exact) mass is 505 g/mol. The van der Waals surface area contributed by atoms with Gasteiger partial charge in [0, 0.05) is 26.6 Å². The van der Waals surface area contributed by atoms with Crippen LogP contribution in [0.15, 0.2) is 30.3 Å². The first-order chi connectivity index (χ1) is 10.5. The van der Waals surface area contributed by atoms with Crippen molar-refractivity contribution in [2.75, 3.05) is 6.61 Å². The van der Waals surface area contributed by atoms with Crippen molar-refractivity contribution in [2.24, 2.45) is 5.41 Å². The zero-order chi connectivity index (χ0) is 16.6. The smallest absolute Gasteiger partial charge is 0.258 e. The predicted molar refractivity (Wildman–Crippen MR) is 98.8 cm³/mol. The van der Waals surface area contributed by atoms with E-state index < -0.39 is 0 Å². The summed E-state index contributed by atoms with van der Waals surface area (Å²) >= 11 is 0. The number of para-hydroxylation sites is 1. The van der Waals surface area contributed by atoms with Crippen LogP contribution in [0.5, 0.6) is 5.75 Å². The van der Waals surface area contributed by atoms with Gasteiger partial charge in [-0.15, -0.1) is 0 Å². The van der Waals surface area contributed by atoms with E-state index in [1.165, 1.54) is 6.42 Å². The maximum atomic E-state index is 11.7. The third kappa shape index (κ3) is 6.97. The maximum absolute atomic E-state index is 11.7. The number of nitrogens with one attached hydrogen (secondary N) is 1. The van der Waals surface area contributed by atoms with E-state index in [0.717, 1.165) is 25.0 Å². The Morgan fingerprint density at radius 1 is 1.12 bits per heavy atom. The second kappa shape index (κ2) is 11.7. The van der Waals surface area contributed by atoms with E-state index in [1.807, 2.05) is 44.2 Å². The first-order valence-electron chi connectivity index (χ1n) is 8.50. The molecule has 3 aliphatic rings. The molecule has 3 aliphatic carbocycles. The summed E-state index contributed by atoms with van der Waals surface area (Å²) in [5, 5.41) is 3.09. The van der Waals surface area contributed by atoms with Crippen molar-refractivity contribution in [1.29, 1.82) is 0 Å². The second-order valence-electron chi connectivity index (χ2n) is 6.48. The van der Waals surface area contributed by atoms with Gasteiger partial charge < -0.3 is 10.1 Å². The molecule has 4 heteroatoms. The maximum Gasteiger partial charge on any atom is 0.258 e. The quantitative estimate of drug-likeness (QED) is 0.611. The fourth-order valence-corrected chi connectivity index (χ4v) is 3.43. The Morgan fingerprint density at radius 3 is 2.00 bits per heavy atom. The van der Waals surface area contributed by atoms with E-state index in [4.69, 9.17) is 4.74 Å². The standard InChI is InChI=1S/C14H17NO2.C3H8.C2H6.CH4.W/c1-13-8-14(9-13,10-13)15-12(16)7-17-11-5-3-2-4-6-11;1-3-2;1-2;;/h2-6H,7-10H2,1H3,(H,15,16);3H2,1-2H3;1-2H3;1H4;. The molecule has 1 amide bonds. The number of rotatable bonds is 4. The molecule has 24 heavy (non-hydrogen) atoms. The number of hydrogen-bond acceptors (Lipinski definition) is 2. The summed E-state index contributed by atoms with van der Waals surface area (Å²) in [6.07, 6.45) is 4.66. The molecule has 1 aromatic carbocycles. The van der Waals surface area contributed by atoms with Gasteiger partial charge in [-0.1, -0.05) is 66.7 Å². The molecule has 3 nitrogen and oxygen atoms in total. The van der Waals surface area contributed by atoms with Crippen molar-refractivity contribution in [3.63, 3.8) is 0 Å². The van der Waals surface area contributed by atoms with Gasteiger partial charge in [-0.3, -0.25) is 4.79 Å². The molecule has 0 aromatic heterocycles. The van der Waals surface area contributed by atoms with Crippen molar-refractivity contribution in [3.05, 3.63) is 30.3 Å². The zero-order valence-corrected chi connectivity index (χ0v) is 18.1. The molecule has 3 saturated carbocycles. The average Bonchev–Trinajstić information content (AvgIpc) is 2.46. The molecule has 1 aromatic rings. The molecule has 0 saturated heterocycles. The molecule has 0 aliphatic heterocycles. The van der Waals surface area contributed by atoms with Crippen LogP contribution in [-0.2, 0) is 25.9 Å². The Kier molecular flexibility index (Phi) is 12.4. The molecule has 0 heterocycles. The van der Waals surface area contributed by atoms with Crippen LogP contribution in [-0.4, -0.2) is 18.1 Å². The SMILES string of the molecule is C.CC.CC12CC(NC(=O)COc3ccccc3)(C1)C2.CCC.[W]. The van der Waals surface area contributed by atoms with Crippen LogP contribution in [0, 0.1) is 5.41 Å². The largest absolute Gasteiger partial charge is 0.484 e. The minimum atomic E-state index is -0.00407. The van der Waals surface area contributed by atoms with Crippen LogP contribution in [0.3, 0.4) is 0 Å². The molecular weight excluding hydrogens is 470 g/mol. The Balaban J connectivity index is 0. The fraction of sp³-hybridized carbons (Fsp3) is 0.650. The summed E-state index contributed by atoms with van der Waals surface area (Å²) in [5.74, 6) is 0.739. The molecule has 4 rings (SSSR count). The van der Waals surface area contributed by atoms with Crippen LogP contribution < -0.4 is 10.1 Å². The number of carbonyl (C=O) groups is 1. The van der Waals surface area contributed by atoms with Crippen LogP contribution in [0.2, 0.25) is 0 Å².